The molecular formula is C19H25N7O2S. The molecule has 1 aliphatic rings. The van der Waals surface area contributed by atoms with Crippen LogP contribution in [0.4, 0.5) is 0 Å². The number of nitriles is 1. The zero-order valence-electron chi connectivity index (χ0n) is 16.5. The van der Waals surface area contributed by atoms with Crippen LogP contribution in [-0.4, -0.2) is 58.6 Å². The summed E-state index contributed by atoms with van der Waals surface area (Å²) in [5.41, 5.74) is 2.32. The summed E-state index contributed by atoms with van der Waals surface area (Å²) in [5, 5.41) is 9.85. The molecule has 1 saturated heterocycles. The Kier molecular flexibility index (Phi) is 5.29. The first-order valence-electron chi connectivity index (χ1n) is 9.75. The summed E-state index contributed by atoms with van der Waals surface area (Å²) < 4.78 is 27.0. The zero-order chi connectivity index (χ0) is 20.6. The Morgan fingerprint density at radius 2 is 2.17 bits per heavy atom. The zero-order valence-corrected chi connectivity index (χ0v) is 17.3. The largest absolute Gasteiger partial charge is 0.346 e. The second-order valence-electron chi connectivity index (χ2n) is 7.83. The van der Waals surface area contributed by atoms with Crippen molar-refractivity contribution in [1.82, 2.24) is 29.6 Å². The van der Waals surface area contributed by atoms with Gasteiger partial charge in [0.1, 0.15) is 17.0 Å². The molecule has 0 aliphatic carbocycles. The van der Waals surface area contributed by atoms with Gasteiger partial charge in [-0.3, -0.25) is 4.90 Å². The molecule has 0 radical (unpaired) electrons. The fraction of sp³-hybridized carbons (Fsp3) is 0.526. The van der Waals surface area contributed by atoms with Crippen LogP contribution in [0, 0.1) is 17.2 Å². The molecule has 154 valence electrons. The van der Waals surface area contributed by atoms with E-state index >= 15 is 0 Å². The van der Waals surface area contributed by atoms with Crippen LogP contribution < -0.4 is 4.72 Å². The minimum Gasteiger partial charge on any atom is -0.346 e. The van der Waals surface area contributed by atoms with Gasteiger partial charge >= 0.3 is 0 Å². The molecule has 3 aromatic rings. The smallest absolute Gasteiger partial charge is 0.209 e. The van der Waals surface area contributed by atoms with Gasteiger partial charge in [-0.05, 0) is 44.8 Å². The molecule has 4 rings (SSSR count). The number of H-pyrrole nitrogens is 2. The maximum absolute atomic E-state index is 12.1. The number of nitrogens with zero attached hydrogens (tertiary/aromatic N) is 4. The topological polar surface area (TPSA) is 131 Å². The Morgan fingerprint density at radius 3 is 2.86 bits per heavy atom. The highest BCUT2D eigenvalue weighted by molar-refractivity contribution is 7.88. The highest BCUT2D eigenvalue weighted by Crippen LogP contribution is 2.33. The van der Waals surface area contributed by atoms with Gasteiger partial charge in [0, 0.05) is 17.6 Å². The van der Waals surface area contributed by atoms with E-state index in [1.165, 1.54) is 6.26 Å². The SMILES string of the molecule is CC(CC#N)N1CCC(C(NS(C)(=O)=O)c2nc3c(cnc4[nH]ccc43)[nH]2)CC1. The molecule has 0 spiro atoms. The Labute approximate surface area is 169 Å². The van der Waals surface area contributed by atoms with E-state index < -0.39 is 16.1 Å². The van der Waals surface area contributed by atoms with Crippen molar-refractivity contribution >= 4 is 32.1 Å². The normalized spacial score (nSPS) is 18.8. The van der Waals surface area contributed by atoms with Crippen LogP contribution in [-0.2, 0) is 10.0 Å². The average Bonchev–Trinajstić information content (AvgIpc) is 3.32. The van der Waals surface area contributed by atoms with Gasteiger partial charge in [0.05, 0.1) is 36.5 Å². The van der Waals surface area contributed by atoms with Gasteiger partial charge in [0.15, 0.2) is 0 Å². The lowest BCUT2D eigenvalue weighted by molar-refractivity contribution is 0.127. The molecule has 0 bridgehead atoms. The number of imidazole rings is 1. The highest BCUT2D eigenvalue weighted by Gasteiger charge is 2.33. The van der Waals surface area contributed by atoms with Crippen molar-refractivity contribution in [2.24, 2.45) is 5.92 Å². The second-order valence-corrected chi connectivity index (χ2v) is 9.61. The summed E-state index contributed by atoms with van der Waals surface area (Å²) >= 11 is 0. The predicted octanol–water partition coefficient (Wildman–Crippen LogP) is 2.04. The summed E-state index contributed by atoms with van der Waals surface area (Å²) in [7, 11) is -3.42. The minimum absolute atomic E-state index is 0.116. The van der Waals surface area contributed by atoms with Crippen molar-refractivity contribution in [1.29, 1.82) is 5.26 Å². The van der Waals surface area contributed by atoms with Crippen LogP contribution in [0.5, 0.6) is 0 Å². The summed E-state index contributed by atoms with van der Waals surface area (Å²) in [6, 6.07) is 3.93. The van der Waals surface area contributed by atoms with E-state index in [1.54, 1.807) is 6.20 Å². The van der Waals surface area contributed by atoms with Gasteiger partial charge in [-0.25, -0.2) is 23.1 Å². The molecule has 0 saturated carbocycles. The van der Waals surface area contributed by atoms with Crippen molar-refractivity contribution in [3.63, 3.8) is 0 Å². The molecule has 1 aliphatic heterocycles. The first kappa shape index (κ1) is 19.8. The molecule has 29 heavy (non-hydrogen) atoms. The van der Waals surface area contributed by atoms with Crippen molar-refractivity contribution < 1.29 is 8.42 Å². The first-order valence-corrected chi connectivity index (χ1v) is 11.6. The number of fused-ring (bicyclic) bond motifs is 3. The van der Waals surface area contributed by atoms with Crippen LogP contribution in [0.1, 0.15) is 38.1 Å². The van der Waals surface area contributed by atoms with E-state index in [-0.39, 0.29) is 12.0 Å². The van der Waals surface area contributed by atoms with E-state index in [4.69, 9.17) is 10.2 Å². The van der Waals surface area contributed by atoms with E-state index in [0.29, 0.717) is 12.2 Å². The Morgan fingerprint density at radius 1 is 1.41 bits per heavy atom. The number of pyridine rings is 1. The summed E-state index contributed by atoms with van der Waals surface area (Å²) in [6.45, 7) is 3.72. The van der Waals surface area contributed by atoms with Gasteiger partial charge < -0.3 is 9.97 Å². The fourth-order valence-electron chi connectivity index (χ4n) is 4.20. The third-order valence-corrected chi connectivity index (χ3v) is 6.43. The van der Waals surface area contributed by atoms with E-state index in [2.05, 4.69) is 37.6 Å². The maximum atomic E-state index is 12.1. The van der Waals surface area contributed by atoms with E-state index in [0.717, 1.165) is 48.0 Å². The third-order valence-electron chi connectivity index (χ3n) is 5.74. The van der Waals surface area contributed by atoms with Gasteiger partial charge in [0.2, 0.25) is 10.0 Å². The summed E-state index contributed by atoms with van der Waals surface area (Å²) in [5.74, 6) is 0.731. The lowest BCUT2D eigenvalue weighted by Crippen LogP contribution is -2.43. The molecule has 2 atom stereocenters. The number of rotatable bonds is 6. The van der Waals surface area contributed by atoms with Crippen molar-refractivity contribution in [2.75, 3.05) is 19.3 Å². The fourth-order valence-corrected chi connectivity index (χ4v) is 4.97. The van der Waals surface area contributed by atoms with Crippen molar-refractivity contribution in [3.05, 3.63) is 24.3 Å². The molecule has 3 aromatic heterocycles. The monoisotopic (exact) mass is 415 g/mol. The second kappa shape index (κ2) is 7.74. The Balaban J connectivity index is 1.63. The number of hydrogen-bond donors (Lipinski definition) is 3. The van der Waals surface area contributed by atoms with Crippen LogP contribution in [0.3, 0.4) is 0 Å². The highest BCUT2D eigenvalue weighted by atomic mass is 32.2. The molecule has 2 unspecified atom stereocenters. The van der Waals surface area contributed by atoms with Crippen LogP contribution in [0.15, 0.2) is 18.5 Å². The van der Waals surface area contributed by atoms with E-state index in [9.17, 15) is 8.42 Å². The number of likely N-dealkylation sites (tertiary alicyclic amines) is 1. The van der Waals surface area contributed by atoms with Crippen LogP contribution in [0.2, 0.25) is 0 Å². The standard InChI is InChI=1S/C19H25N7O2S/c1-12(3-7-20)26-9-5-13(6-10-26)16(25-29(2,27)28)19-23-15-11-22-18-14(4-8-21-18)17(15)24-19/h4,8,11-13,16,25H,3,5-6,9-10H2,1-2H3,(H,21,22)(H,23,24). The number of aromatic amines is 2. The van der Waals surface area contributed by atoms with Crippen molar-refractivity contribution in [2.45, 2.75) is 38.3 Å². The lowest BCUT2D eigenvalue weighted by atomic mass is 9.88. The number of hydrogen-bond acceptors (Lipinski definition) is 6. The first-order chi connectivity index (χ1) is 13.9. The number of piperidine rings is 1. The lowest BCUT2D eigenvalue weighted by Gasteiger charge is -2.37. The number of sulfonamides is 1. The Hall–Kier alpha value is -2.48. The summed E-state index contributed by atoms with van der Waals surface area (Å²) in [4.78, 5) is 17.8. The Bertz CT molecular complexity index is 1150. The molecule has 0 amide bonds. The molecule has 1 fully saturated rings. The quantitative estimate of drug-likeness (QED) is 0.565. The van der Waals surface area contributed by atoms with E-state index in [1.807, 2.05) is 12.3 Å². The van der Waals surface area contributed by atoms with Gasteiger partial charge in [-0.15, -0.1) is 0 Å². The molecule has 9 nitrogen and oxygen atoms in total. The van der Waals surface area contributed by atoms with Gasteiger partial charge in [-0.1, -0.05) is 0 Å². The molecule has 3 N–H and O–H groups in total. The summed E-state index contributed by atoms with van der Waals surface area (Å²) in [6.07, 6.45) is 6.87. The van der Waals surface area contributed by atoms with Crippen LogP contribution >= 0.6 is 0 Å². The number of aromatic nitrogens is 4. The molecule has 4 heterocycles. The minimum atomic E-state index is -3.42. The van der Waals surface area contributed by atoms with Crippen LogP contribution in [0.25, 0.3) is 22.1 Å². The predicted molar refractivity (Wildman–Crippen MR) is 110 cm³/mol. The molecule has 0 aromatic carbocycles. The van der Waals surface area contributed by atoms with Gasteiger partial charge in [-0.2, -0.15) is 5.26 Å². The van der Waals surface area contributed by atoms with Gasteiger partial charge in [0.25, 0.3) is 0 Å². The average molecular weight is 416 g/mol. The maximum Gasteiger partial charge on any atom is 0.209 e. The van der Waals surface area contributed by atoms with Crippen molar-refractivity contribution in [3.8, 4) is 6.07 Å². The number of nitrogens with one attached hydrogen (secondary N) is 3. The third kappa shape index (κ3) is 4.12. The molecular weight excluding hydrogens is 390 g/mol. The molecule has 10 heteroatoms.